The van der Waals surface area contributed by atoms with E-state index >= 15 is 0 Å². The lowest BCUT2D eigenvalue weighted by atomic mass is 10.2. The highest BCUT2D eigenvalue weighted by Gasteiger charge is 2.33. The molecule has 4 rings (SSSR count). The highest BCUT2D eigenvalue weighted by atomic mass is 32.2. The topological polar surface area (TPSA) is 58.4 Å². The zero-order chi connectivity index (χ0) is 20.4. The first-order chi connectivity index (χ1) is 13.9. The second-order valence-corrected chi connectivity index (χ2v) is 8.74. The van der Waals surface area contributed by atoms with Crippen LogP contribution in [0.2, 0.25) is 0 Å². The summed E-state index contributed by atoms with van der Waals surface area (Å²) in [6, 6.07) is 11.1. The third-order valence-electron chi connectivity index (χ3n) is 4.99. The Bertz CT molecular complexity index is 1060. The number of aromatic nitrogens is 2. The van der Waals surface area contributed by atoms with E-state index in [1.165, 1.54) is 0 Å². The minimum Gasteiger partial charge on any atom is -0.306 e. The molecule has 2 aromatic carbocycles. The number of hydrogen-bond acceptors (Lipinski definition) is 4. The molecule has 152 valence electrons. The van der Waals surface area contributed by atoms with Crippen LogP contribution < -0.4 is 0 Å². The summed E-state index contributed by atoms with van der Waals surface area (Å²) in [4.78, 5) is 5.28. The third kappa shape index (κ3) is 4.07. The van der Waals surface area contributed by atoms with E-state index in [2.05, 4.69) is 9.88 Å². The van der Waals surface area contributed by atoms with E-state index in [9.17, 15) is 17.2 Å². The van der Waals surface area contributed by atoms with Gasteiger partial charge >= 0.3 is 0 Å². The van der Waals surface area contributed by atoms with Crippen LogP contribution in [0.4, 0.5) is 8.78 Å². The number of halogens is 2. The predicted octanol–water partition coefficient (Wildman–Crippen LogP) is 2.66. The van der Waals surface area contributed by atoms with E-state index in [0.29, 0.717) is 19.6 Å². The molecule has 9 heteroatoms. The summed E-state index contributed by atoms with van der Waals surface area (Å²) < 4.78 is 56.3. The number of benzene rings is 2. The highest BCUT2D eigenvalue weighted by molar-refractivity contribution is 7.89. The monoisotopic (exact) mass is 418 g/mol. The van der Waals surface area contributed by atoms with Gasteiger partial charge in [0.25, 0.3) is 0 Å². The molecule has 1 aliphatic rings. The van der Waals surface area contributed by atoms with Gasteiger partial charge in [0.1, 0.15) is 11.6 Å². The quantitative estimate of drug-likeness (QED) is 0.639. The molecule has 1 fully saturated rings. The van der Waals surface area contributed by atoms with Crippen LogP contribution in [0.5, 0.6) is 0 Å². The Morgan fingerprint density at radius 3 is 2.17 bits per heavy atom. The van der Waals surface area contributed by atoms with Gasteiger partial charge in [-0.1, -0.05) is 18.2 Å². The van der Waals surface area contributed by atoms with Crippen LogP contribution in [0, 0.1) is 11.6 Å². The van der Waals surface area contributed by atoms with Crippen molar-refractivity contribution in [1.82, 2.24) is 18.8 Å². The summed E-state index contributed by atoms with van der Waals surface area (Å²) in [5.74, 6) is -2.13. The summed E-state index contributed by atoms with van der Waals surface area (Å²) in [5, 5.41) is 0. The molecule has 0 amide bonds. The standard InChI is InChI=1S/C20H20F2N4O2S/c21-18-2-1-3-19(22)20(18)29(27,28)26-12-10-24(11-13-26)14-16-4-6-17(7-5-16)25-9-8-23-15-25/h1-9,15H,10-14H2. The Kier molecular flexibility index (Phi) is 5.44. The second-order valence-electron chi connectivity index (χ2n) is 6.87. The SMILES string of the molecule is O=S(=O)(c1c(F)cccc1F)N1CCN(Cc2ccc(-n3ccnc3)cc2)CC1. The van der Waals surface area contributed by atoms with Crippen LogP contribution >= 0.6 is 0 Å². The fourth-order valence-corrected chi connectivity index (χ4v) is 4.96. The summed E-state index contributed by atoms with van der Waals surface area (Å²) in [6.07, 6.45) is 5.31. The Balaban J connectivity index is 1.39. The molecule has 29 heavy (non-hydrogen) atoms. The van der Waals surface area contributed by atoms with Crippen molar-refractivity contribution in [3.05, 3.63) is 78.4 Å². The minimum absolute atomic E-state index is 0.184. The second kappa shape index (κ2) is 8.02. The number of rotatable bonds is 5. The average Bonchev–Trinajstić information content (AvgIpc) is 3.23. The van der Waals surface area contributed by atoms with Crippen molar-refractivity contribution in [3.8, 4) is 5.69 Å². The minimum atomic E-state index is -4.20. The highest BCUT2D eigenvalue weighted by Crippen LogP contribution is 2.24. The van der Waals surface area contributed by atoms with E-state index in [-0.39, 0.29) is 13.1 Å². The predicted molar refractivity (Wildman–Crippen MR) is 104 cm³/mol. The lowest BCUT2D eigenvalue weighted by Crippen LogP contribution is -2.48. The van der Waals surface area contributed by atoms with Crippen molar-refractivity contribution in [3.63, 3.8) is 0 Å². The molecule has 0 N–H and O–H groups in total. The average molecular weight is 418 g/mol. The summed E-state index contributed by atoms with van der Waals surface area (Å²) >= 11 is 0. The van der Waals surface area contributed by atoms with Crippen LogP contribution in [0.25, 0.3) is 5.69 Å². The fraction of sp³-hybridized carbons (Fsp3) is 0.250. The molecule has 0 bridgehead atoms. The molecular weight excluding hydrogens is 398 g/mol. The number of hydrogen-bond donors (Lipinski definition) is 0. The van der Waals surface area contributed by atoms with Gasteiger partial charge in [0.2, 0.25) is 10.0 Å². The Hall–Kier alpha value is -2.62. The summed E-state index contributed by atoms with van der Waals surface area (Å²) in [5.41, 5.74) is 2.11. The maximum Gasteiger partial charge on any atom is 0.249 e. The van der Waals surface area contributed by atoms with E-state index in [1.54, 1.807) is 12.5 Å². The molecular formula is C20H20F2N4O2S. The maximum absolute atomic E-state index is 13.9. The lowest BCUT2D eigenvalue weighted by Gasteiger charge is -2.34. The van der Waals surface area contributed by atoms with Gasteiger partial charge < -0.3 is 4.57 Å². The van der Waals surface area contributed by atoms with Crippen molar-refractivity contribution in [1.29, 1.82) is 0 Å². The molecule has 6 nitrogen and oxygen atoms in total. The summed E-state index contributed by atoms with van der Waals surface area (Å²) in [7, 11) is -4.20. The molecule has 0 unspecified atom stereocenters. The van der Waals surface area contributed by atoms with Crippen LogP contribution in [0.3, 0.4) is 0 Å². The molecule has 3 aromatic rings. The van der Waals surface area contributed by atoms with Gasteiger partial charge in [0, 0.05) is 50.8 Å². The molecule has 1 aromatic heterocycles. The molecule has 0 atom stereocenters. The van der Waals surface area contributed by atoms with Gasteiger partial charge in [0.15, 0.2) is 4.90 Å². The maximum atomic E-state index is 13.9. The lowest BCUT2D eigenvalue weighted by molar-refractivity contribution is 0.181. The molecule has 1 saturated heterocycles. The summed E-state index contributed by atoms with van der Waals surface area (Å²) in [6.45, 7) is 2.01. The molecule has 2 heterocycles. The Morgan fingerprint density at radius 1 is 0.931 bits per heavy atom. The van der Waals surface area contributed by atoms with Crippen molar-refractivity contribution < 1.29 is 17.2 Å². The third-order valence-corrected chi connectivity index (χ3v) is 6.94. The zero-order valence-electron chi connectivity index (χ0n) is 15.6. The van der Waals surface area contributed by atoms with E-state index < -0.39 is 26.6 Å². The van der Waals surface area contributed by atoms with Gasteiger partial charge in [0.05, 0.1) is 6.33 Å². The van der Waals surface area contributed by atoms with Crippen LogP contribution in [0.1, 0.15) is 5.56 Å². The molecule has 0 spiro atoms. The first-order valence-electron chi connectivity index (χ1n) is 9.19. The van der Waals surface area contributed by atoms with E-state index in [0.717, 1.165) is 33.8 Å². The first kappa shape index (κ1) is 19.7. The first-order valence-corrected chi connectivity index (χ1v) is 10.6. The van der Waals surface area contributed by atoms with Crippen molar-refractivity contribution in [2.24, 2.45) is 0 Å². The van der Waals surface area contributed by atoms with Gasteiger partial charge in [-0.15, -0.1) is 0 Å². The van der Waals surface area contributed by atoms with Crippen molar-refractivity contribution in [2.45, 2.75) is 11.4 Å². The van der Waals surface area contributed by atoms with Crippen molar-refractivity contribution >= 4 is 10.0 Å². The number of nitrogens with zero attached hydrogens (tertiary/aromatic N) is 4. The molecule has 0 radical (unpaired) electrons. The van der Waals surface area contributed by atoms with Crippen LogP contribution in [-0.2, 0) is 16.6 Å². The van der Waals surface area contributed by atoms with Crippen molar-refractivity contribution in [2.75, 3.05) is 26.2 Å². The molecule has 1 aliphatic heterocycles. The zero-order valence-corrected chi connectivity index (χ0v) is 16.4. The van der Waals surface area contributed by atoms with Gasteiger partial charge in [-0.05, 0) is 29.8 Å². The van der Waals surface area contributed by atoms with Gasteiger partial charge in [-0.2, -0.15) is 4.31 Å². The Labute approximate surface area is 168 Å². The van der Waals surface area contributed by atoms with Gasteiger partial charge in [-0.3, -0.25) is 4.90 Å². The fourth-order valence-electron chi connectivity index (χ4n) is 3.43. The number of piperazine rings is 1. The molecule has 0 saturated carbocycles. The number of imidazole rings is 1. The van der Waals surface area contributed by atoms with Crippen LogP contribution in [0.15, 0.2) is 66.1 Å². The smallest absolute Gasteiger partial charge is 0.249 e. The number of sulfonamides is 1. The normalized spacial score (nSPS) is 16.2. The van der Waals surface area contributed by atoms with E-state index in [1.807, 2.05) is 35.0 Å². The largest absolute Gasteiger partial charge is 0.306 e. The molecule has 0 aliphatic carbocycles. The van der Waals surface area contributed by atoms with E-state index in [4.69, 9.17) is 0 Å². The van der Waals surface area contributed by atoms with Crippen LogP contribution in [-0.4, -0.2) is 53.4 Å². The van der Waals surface area contributed by atoms with Gasteiger partial charge in [-0.25, -0.2) is 22.2 Å². The Morgan fingerprint density at radius 2 is 1.59 bits per heavy atom.